The van der Waals surface area contributed by atoms with Crippen molar-refractivity contribution in [1.29, 1.82) is 0 Å². The van der Waals surface area contributed by atoms with E-state index in [4.69, 9.17) is 4.42 Å². The molecule has 144 valence electrons. The van der Waals surface area contributed by atoms with Gasteiger partial charge >= 0.3 is 6.03 Å². The van der Waals surface area contributed by atoms with Crippen LogP contribution in [0.2, 0.25) is 0 Å². The van der Waals surface area contributed by atoms with E-state index in [-0.39, 0.29) is 33.5 Å². The highest BCUT2D eigenvalue weighted by molar-refractivity contribution is 6.39. The molecule has 0 unspecified atom stereocenters. The Morgan fingerprint density at radius 2 is 1.76 bits per heavy atom. The fraction of sp³-hybridized carbons (Fsp3) is 0.0476. The van der Waals surface area contributed by atoms with Crippen LogP contribution in [0.25, 0.3) is 17.0 Å². The van der Waals surface area contributed by atoms with Gasteiger partial charge in [-0.3, -0.25) is 19.7 Å². The first-order valence-electron chi connectivity index (χ1n) is 8.58. The molecule has 1 aliphatic rings. The van der Waals surface area contributed by atoms with Gasteiger partial charge in [0.25, 0.3) is 11.8 Å². The number of benzene rings is 2. The van der Waals surface area contributed by atoms with Crippen LogP contribution >= 0.6 is 0 Å². The summed E-state index contributed by atoms with van der Waals surface area (Å²) in [7, 11) is 0. The van der Waals surface area contributed by atoms with Gasteiger partial charge < -0.3 is 9.52 Å². The zero-order valence-electron chi connectivity index (χ0n) is 15.1. The second-order valence-corrected chi connectivity index (χ2v) is 6.49. The number of phenols is 1. The number of anilines is 1. The smallest absolute Gasteiger partial charge is 0.335 e. The van der Waals surface area contributed by atoms with Gasteiger partial charge in [0.15, 0.2) is 5.43 Å². The lowest BCUT2D eigenvalue weighted by Crippen LogP contribution is -2.54. The molecule has 0 radical (unpaired) electrons. The largest absolute Gasteiger partial charge is 0.508 e. The number of urea groups is 1. The predicted molar refractivity (Wildman–Crippen MR) is 104 cm³/mol. The Labute approximate surface area is 163 Å². The molecule has 29 heavy (non-hydrogen) atoms. The molecule has 8 nitrogen and oxygen atoms in total. The van der Waals surface area contributed by atoms with Crippen molar-refractivity contribution in [3.63, 3.8) is 0 Å². The number of rotatable bonds is 2. The maximum Gasteiger partial charge on any atom is 0.335 e. The highest BCUT2D eigenvalue weighted by Gasteiger charge is 2.37. The average Bonchev–Trinajstić information content (AvgIpc) is 2.68. The van der Waals surface area contributed by atoms with E-state index in [1.54, 1.807) is 24.3 Å². The van der Waals surface area contributed by atoms with Crippen LogP contribution in [-0.4, -0.2) is 23.0 Å². The Balaban J connectivity index is 1.80. The van der Waals surface area contributed by atoms with Gasteiger partial charge in [0.2, 0.25) is 0 Å². The van der Waals surface area contributed by atoms with Gasteiger partial charge in [-0.05, 0) is 37.3 Å². The molecule has 3 aromatic rings. The lowest BCUT2D eigenvalue weighted by atomic mass is 10.1. The highest BCUT2D eigenvalue weighted by Crippen LogP contribution is 2.23. The van der Waals surface area contributed by atoms with Crippen molar-refractivity contribution in [2.45, 2.75) is 6.92 Å². The van der Waals surface area contributed by atoms with Crippen molar-refractivity contribution < 1.29 is 23.9 Å². The minimum absolute atomic E-state index is 0.0418. The van der Waals surface area contributed by atoms with E-state index >= 15 is 0 Å². The predicted octanol–water partition coefficient (Wildman–Crippen LogP) is 2.47. The zero-order valence-corrected chi connectivity index (χ0v) is 15.1. The average molecular weight is 390 g/mol. The van der Waals surface area contributed by atoms with Gasteiger partial charge in [-0.1, -0.05) is 17.7 Å². The lowest BCUT2D eigenvalue weighted by molar-refractivity contribution is -0.122. The number of imide groups is 2. The molecule has 0 spiro atoms. The number of fused-ring (bicyclic) bond motifs is 1. The maximum absolute atomic E-state index is 12.9. The SMILES string of the molecule is Cc1ccc(N2C(=O)NC(=O)C(=Cc3coc4cc(O)ccc4c3=O)C2=O)cc1. The van der Waals surface area contributed by atoms with Gasteiger partial charge in [-0.2, -0.15) is 0 Å². The molecule has 0 bridgehead atoms. The molecule has 2 N–H and O–H groups in total. The number of amides is 4. The van der Waals surface area contributed by atoms with Crippen LogP contribution < -0.4 is 15.6 Å². The summed E-state index contributed by atoms with van der Waals surface area (Å²) in [6.45, 7) is 1.86. The molecule has 0 saturated carbocycles. The topological polar surface area (TPSA) is 117 Å². The first-order chi connectivity index (χ1) is 13.8. The number of aryl methyl sites for hydroxylation is 1. The molecule has 1 saturated heterocycles. The number of barbiturate groups is 1. The molecule has 8 heteroatoms. The molecule has 1 aliphatic heterocycles. The van der Waals surface area contributed by atoms with E-state index in [1.807, 2.05) is 6.92 Å². The quantitative estimate of drug-likeness (QED) is 0.513. The molecular formula is C21H14N2O6. The fourth-order valence-electron chi connectivity index (χ4n) is 2.97. The van der Waals surface area contributed by atoms with Crippen LogP contribution in [0.1, 0.15) is 11.1 Å². The standard InChI is InChI=1S/C21H14N2O6/c1-11-2-4-13(5-3-11)23-20(27)16(19(26)22-21(23)28)8-12-10-29-17-9-14(24)6-7-15(17)18(12)25/h2-10,24H,1H3,(H,22,26,28). The van der Waals surface area contributed by atoms with Crippen LogP contribution in [0.15, 0.2) is 63.5 Å². The van der Waals surface area contributed by atoms with E-state index < -0.39 is 23.3 Å². The number of hydrogen-bond acceptors (Lipinski definition) is 6. The van der Waals surface area contributed by atoms with Crippen LogP contribution in [0.5, 0.6) is 5.75 Å². The van der Waals surface area contributed by atoms with Crippen LogP contribution in [0, 0.1) is 6.92 Å². The summed E-state index contributed by atoms with van der Waals surface area (Å²) in [4.78, 5) is 50.8. The molecule has 2 heterocycles. The molecule has 4 rings (SSSR count). The van der Waals surface area contributed by atoms with Crippen molar-refractivity contribution in [2.24, 2.45) is 0 Å². The summed E-state index contributed by atoms with van der Waals surface area (Å²) in [5.74, 6) is -1.83. The fourth-order valence-corrected chi connectivity index (χ4v) is 2.97. The van der Waals surface area contributed by atoms with Crippen molar-refractivity contribution in [1.82, 2.24) is 5.32 Å². The Kier molecular flexibility index (Phi) is 4.23. The van der Waals surface area contributed by atoms with E-state index in [0.29, 0.717) is 0 Å². The van der Waals surface area contributed by atoms with Gasteiger partial charge in [-0.25, -0.2) is 9.69 Å². The van der Waals surface area contributed by atoms with Crippen LogP contribution in [0.4, 0.5) is 10.5 Å². The molecule has 0 atom stereocenters. The van der Waals surface area contributed by atoms with E-state index in [0.717, 1.165) is 22.8 Å². The van der Waals surface area contributed by atoms with Crippen LogP contribution in [0.3, 0.4) is 0 Å². The molecule has 0 aliphatic carbocycles. The Hall–Kier alpha value is -4.20. The van der Waals surface area contributed by atoms with Crippen molar-refractivity contribution in [3.8, 4) is 5.75 Å². The van der Waals surface area contributed by atoms with Gasteiger partial charge in [0.05, 0.1) is 16.6 Å². The Morgan fingerprint density at radius 3 is 2.48 bits per heavy atom. The minimum Gasteiger partial charge on any atom is -0.508 e. The summed E-state index contributed by atoms with van der Waals surface area (Å²) in [6, 6.07) is 9.72. The number of carbonyl (C=O) groups excluding carboxylic acids is 3. The summed E-state index contributed by atoms with van der Waals surface area (Å²) in [5, 5.41) is 11.8. The molecule has 2 aromatic carbocycles. The summed E-state index contributed by atoms with van der Waals surface area (Å²) < 4.78 is 5.33. The number of nitrogens with one attached hydrogen (secondary N) is 1. The van der Waals surface area contributed by atoms with E-state index in [9.17, 15) is 24.3 Å². The second-order valence-electron chi connectivity index (χ2n) is 6.49. The molecule has 1 fully saturated rings. The van der Waals surface area contributed by atoms with E-state index in [2.05, 4.69) is 5.32 Å². The third kappa shape index (κ3) is 3.16. The van der Waals surface area contributed by atoms with Gasteiger partial charge in [0.1, 0.15) is 23.2 Å². The van der Waals surface area contributed by atoms with Crippen LogP contribution in [-0.2, 0) is 9.59 Å². The number of hydrogen-bond donors (Lipinski definition) is 2. The van der Waals surface area contributed by atoms with Gasteiger partial charge in [0, 0.05) is 6.07 Å². The Bertz CT molecular complexity index is 1270. The molecule has 1 aromatic heterocycles. The molecule has 4 amide bonds. The summed E-state index contributed by atoms with van der Waals surface area (Å²) in [6.07, 6.45) is 2.17. The maximum atomic E-state index is 12.9. The number of carbonyl (C=O) groups is 3. The van der Waals surface area contributed by atoms with E-state index in [1.165, 1.54) is 18.2 Å². The third-order valence-electron chi connectivity index (χ3n) is 4.48. The van der Waals surface area contributed by atoms with Crippen molar-refractivity contribution in [3.05, 3.63) is 75.7 Å². The van der Waals surface area contributed by atoms with Gasteiger partial charge in [-0.15, -0.1) is 0 Å². The molecular weight excluding hydrogens is 376 g/mol. The monoisotopic (exact) mass is 390 g/mol. The summed E-state index contributed by atoms with van der Waals surface area (Å²) in [5.41, 5.74) is 0.476. The number of aromatic hydroxyl groups is 1. The minimum atomic E-state index is -0.909. The summed E-state index contributed by atoms with van der Waals surface area (Å²) >= 11 is 0. The number of phenolic OH excluding ortho intramolecular Hbond substituents is 1. The third-order valence-corrected chi connectivity index (χ3v) is 4.48. The second kappa shape index (κ2) is 6.75. The van der Waals surface area contributed by atoms with Crippen molar-refractivity contribution >= 4 is 40.6 Å². The zero-order chi connectivity index (χ0) is 20.7. The normalized spacial score (nSPS) is 15.8. The van der Waals surface area contributed by atoms with Crippen molar-refractivity contribution in [2.75, 3.05) is 4.90 Å². The highest BCUT2D eigenvalue weighted by atomic mass is 16.3. The Morgan fingerprint density at radius 1 is 1.03 bits per heavy atom. The lowest BCUT2D eigenvalue weighted by Gasteiger charge is -2.26. The number of nitrogens with zero attached hydrogens (tertiary/aromatic N) is 1. The first kappa shape index (κ1) is 18.2. The first-order valence-corrected chi connectivity index (χ1v) is 8.58.